The lowest BCUT2D eigenvalue weighted by Crippen LogP contribution is -2.02. The van der Waals surface area contributed by atoms with Gasteiger partial charge in [-0.25, -0.2) is 0 Å². The third-order valence-electron chi connectivity index (χ3n) is 5.34. The van der Waals surface area contributed by atoms with Gasteiger partial charge in [-0.3, -0.25) is 9.97 Å². The number of rotatable bonds is 13. The van der Waals surface area contributed by atoms with E-state index in [4.69, 9.17) is 0 Å². The molecule has 2 aromatic heterocycles. The zero-order chi connectivity index (χ0) is 18.5. The maximum Gasteiger partial charge on any atom is 0.0920 e. The van der Waals surface area contributed by atoms with Crippen LogP contribution in [-0.4, -0.2) is 9.97 Å². The topological polar surface area (TPSA) is 25.8 Å². The quantitative estimate of drug-likeness (QED) is 0.348. The third kappa shape index (κ3) is 6.90. The molecule has 1 atom stereocenters. The molecule has 0 amide bonds. The van der Waals surface area contributed by atoms with Crippen LogP contribution in [0.15, 0.2) is 42.7 Å². The van der Waals surface area contributed by atoms with Crippen LogP contribution in [0, 0.1) is 0 Å². The van der Waals surface area contributed by atoms with E-state index >= 15 is 0 Å². The average molecular weight is 353 g/mol. The number of aromatic nitrogens is 2. The minimum atomic E-state index is 0.588. The van der Waals surface area contributed by atoms with Crippen molar-refractivity contribution in [3.8, 4) is 11.4 Å². The van der Waals surface area contributed by atoms with Crippen LogP contribution in [0.5, 0.6) is 0 Å². The maximum atomic E-state index is 4.65. The molecule has 0 aliphatic heterocycles. The molecule has 0 N–H and O–H groups in total. The van der Waals surface area contributed by atoms with E-state index in [0.29, 0.717) is 5.92 Å². The SMILES string of the molecule is CCCCCCCCCCCC(CC)c1cccnc1-c1ccccn1. The van der Waals surface area contributed by atoms with Crippen molar-refractivity contribution in [2.45, 2.75) is 90.4 Å². The van der Waals surface area contributed by atoms with Crippen LogP contribution in [0.1, 0.15) is 96.0 Å². The van der Waals surface area contributed by atoms with Crippen molar-refractivity contribution in [3.05, 3.63) is 48.3 Å². The molecule has 2 heterocycles. The number of pyridine rings is 2. The summed E-state index contributed by atoms with van der Waals surface area (Å²) >= 11 is 0. The lowest BCUT2D eigenvalue weighted by Gasteiger charge is -2.18. The highest BCUT2D eigenvalue weighted by Gasteiger charge is 2.15. The normalized spacial score (nSPS) is 12.2. The fraction of sp³-hybridized carbons (Fsp3) is 0.583. The van der Waals surface area contributed by atoms with Gasteiger partial charge in [-0.1, -0.05) is 83.8 Å². The molecule has 2 nitrogen and oxygen atoms in total. The van der Waals surface area contributed by atoms with Gasteiger partial charge in [0, 0.05) is 12.4 Å². The van der Waals surface area contributed by atoms with Crippen LogP contribution < -0.4 is 0 Å². The zero-order valence-electron chi connectivity index (χ0n) is 16.8. The first-order chi connectivity index (χ1) is 12.9. The molecule has 2 rings (SSSR count). The molecule has 26 heavy (non-hydrogen) atoms. The van der Waals surface area contributed by atoms with Crippen LogP contribution in [0.25, 0.3) is 11.4 Å². The van der Waals surface area contributed by atoms with Crippen molar-refractivity contribution < 1.29 is 0 Å². The fourth-order valence-corrected chi connectivity index (χ4v) is 3.74. The second-order valence-corrected chi connectivity index (χ2v) is 7.38. The number of nitrogens with zero attached hydrogens (tertiary/aromatic N) is 2. The van der Waals surface area contributed by atoms with Crippen LogP contribution in [0.4, 0.5) is 0 Å². The Morgan fingerprint density at radius 1 is 0.731 bits per heavy atom. The first-order valence-corrected chi connectivity index (χ1v) is 10.7. The Labute approximate surface area is 160 Å². The Morgan fingerprint density at radius 3 is 2.08 bits per heavy atom. The Kier molecular flexibility index (Phi) is 10.0. The average Bonchev–Trinajstić information content (AvgIpc) is 2.70. The summed E-state index contributed by atoms with van der Waals surface area (Å²) in [5.41, 5.74) is 3.43. The van der Waals surface area contributed by atoms with E-state index in [0.717, 1.165) is 11.4 Å². The van der Waals surface area contributed by atoms with Gasteiger partial charge in [0.2, 0.25) is 0 Å². The largest absolute Gasteiger partial charge is 0.255 e. The summed E-state index contributed by atoms with van der Waals surface area (Å²) in [7, 11) is 0. The van der Waals surface area contributed by atoms with Crippen LogP contribution in [-0.2, 0) is 0 Å². The van der Waals surface area contributed by atoms with Crippen LogP contribution >= 0.6 is 0 Å². The fourth-order valence-electron chi connectivity index (χ4n) is 3.74. The minimum Gasteiger partial charge on any atom is -0.255 e. The van der Waals surface area contributed by atoms with E-state index < -0.39 is 0 Å². The first kappa shape index (κ1) is 20.6. The number of hydrogen-bond donors (Lipinski definition) is 0. The molecule has 0 saturated carbocycles. The van der Waals surface area contributed by atoms with E-state index in [-0.39, 0.29) is 0 Å². The summed E-state index contributed by atoms with van der Waals surface area (Å²) in [5, 5.41) is 0. The highest BCUT2D eigenvalue weighted by atomic mass is 14.8. The third-order valence-corrected chi connectivity index (χ3v) is 5.34. The molecule has 0 aliphatic rings. The van der Waals surface area contributed by atoms with Crippen molar-refractivity contribution in [2.75, 3.05) is 0 Å². The van der Waals surface area contributed by atoms with Gasteiger partial charge in [0.15, 0.2) is 0 Å². The van der Waals surface area contributed by atoms with Gasteiger partial charge in [0.1, 0.15) is 0 Å². The smallest absolute Gasteiger partial charge is 0.0920 e. The molecule has 0 aliphatic carbocycles. The molecular formula is C24H36N2. The summed E-state index contributed by atoms with van der Waals surface area (Å²) in [6.07, 6.45) is 18.7. The standard InChI is InChI=1S/C24H36N2/c1-3-5-6-7-8-9-10-11-12-16-21(4-2)22-17-15-20-26-24(22)23-18-13-14-19-25-23/h13-15,17-21H,3-12,16H2,1-2H3. The Hall–Kier alpha value is -1.70. The monoisotopic (exact) mass is 352 g/mol. The maximum absolute atomic E-state index is 4.65. The van der Waals surface area contributed by atoms with E-state index in [1.807, 2.05) is 24.5 Å². The number of unbranched alkanes of at least 4 members (excludes halogenated alkanes) is 8. The highest BCUT2D eigenvalue weighted by molar-refractivity contribution is 5.59. The Bertz CT molecular complexity index is 594. The lowest BCUT2D eigenvalue weighted by atomic mass is 9.89. The summed E-state index contributed by atoms with van der Waals surface area (Å²) in [5.74, 6) is 0.588. The molecule has 0 fully saturated rings. The summed E-state index contributed by atoms with van der Waals surface area (Å²) in [6, 6.07) is 10.4. The molecule has 0 spiro atoms. The lowest BCUT2D eigenvalue weighted by molar-refractivity contribution is 0.519. The predicted molar refractivity (Wildman–Crippen MR) is 112 cm³/mol. The molecule has 0 radical (unpaired) electrons. The molecule has 0 bridgehead atoms. The van der Waals surface area contributed by atoms with E-state index in [1.54, 1.807) is 0 Å². The Morgan fingerprint density at radius 2 is 1.42 bits per heavy atom. The van der Waals surface area contributed by atoms with Crippen LogP contribution in [0.2, 0.25) is 0 Å². The van der Waals surface area contributed by atoms with Crippen molar-refractivity contribution in [1.29, 1.82) is 0 Å². The number of hydrogen-bond acceptors (Lipinski definition) is 2. The van der Waals surface area contributed by atoms with Gasteiger partial charge in [0.25, 0.3) is 0 Å². The summed E-state index contributed by atoms with van der Waals surface area (Å²) in [4.78, 5) is 9.16. The molecule has 1 unspecified atom stereocenters. The second kappa shape index (κ2) is 12.6. The predicted octanol–water partition coefficient (Wildman–Crippen LogP) is 7.56. The van der Waals surface area contributed by atoms with Crippen molar-refractivity contribution in [3.63, 3.8) is 0 Å². The highest BCUT2D eigenvalue weighted by Crippen LogP contribution is 2.32. The van der Waals surface area contributed by atoms with E-state index in [2.05, 4.69) is 42.0 Å². The summed E-state index contributed by atoms with van der Waals surface area (Å²) in [6.45, 7) is 4.58. The van der Waals surface area contributed by atoms with Crippen LogP contribution in [0.3, 0.4) is 0 Å². The molecule has 2 aromatic rings. The molecule has 0 aromatic carbocycles. The van der Waals surface area contributed by atoms with Gasteiger partial charge < -0.3 is 0 Å². The van der Waals surface area contributed by atoms with Crippen molar-refractivity contribution >= 4 is 0 Å². The van der Waals surface area contributed by atoms with Gasteiger partial charge in [-0.2, -0.15) is 0 Å². The van der Waals surface area contributed by atoms with Crippen molar-refractivity contribution in [1.82, 2.24) is 9.97 Å². The van der Waals surface area contributed by atoms with Gasteiger partial charge >= 0.3 is 0 Å². The van der Waals surface area contributed by atoms with E-state index in [9.17, 15) is 0 Å². The second-order valence-electron chi connectivity index (χ2n) is 7.38. The molecule has 0 saturated heterocycles. The molecule has 142 valence electrons. The van der Waals surface area contributed by atoms with Crippen molar-refractivity contribution in [2.24, 2.45) is 0 Å². The van der Waals surface area contributed by atoms with E-state index in [1.165, 1.54) is 76.2 Å². The summed E-state index contributed by atoms with van der Waals surface area (Å²) < 4.78 is 0. The Balaban J connectivity index is 1.80. The zero-order valence-corrected chi connectivity index (χ0v) is 16.8. The molecular weight excluding hydrogens is 316 g/mol. The van der Waals surface area contributed by atoms with Gasteiger partial charge in [0.05, 0.1) is 11.4 Å². The minimum absolute atomic E-state index is 0.588. The first-order valence-electron chi connectivity index (χ1n) is 10.7. The van der Waals surface area contributed by atoms with Gasteiger partial charge in [-0.15, -0.1) is 0 Å². The molecule has 2 heteroatoms. The van der Waals surface area contributed by atoms with Gasteiger partial charge in [-0.05, 0) is 42.5 Å².